The van der Waals surface area contributed by atoms with Crippen molar-refractivity contribution in [2.24, 2.45) is 0 Å². The van der Waals surface area contributed by atoms with Crippen molar-refractivity contribution in [1.29, 1.82) is 0 Å². The number of ketones is 1. The Morgan fingerprint density at radius 2 is 1.59 bits per heavy atom. The summed E-state index contributed by atoms with van der Waals surface area (Å²) in [5.41, 5.74) is 0. The maximum Gasteiger partial charge on any atom is 0.220 e. The minimum Gasteiger partial charge on any atom is -0.396 e. The third-order valence-corrected chi connectivity index (χ3v) is 4.02. The molecule has 0 heterocycles. The average Bonchev–Trinajstić information content (AvgIpc) is 2.49. The van der Waals surface area contributed by atoms with Gasteiger partial charge in [-0.3, -0.25) is 14.9 Å². The summed E-state index contributed by atoms with van der Waals surface area (Å²) >= 11 is 0. The maximum absolute atomic E-state index is 11.8. The Hall–Kier alpha value is -0.970. The summed E-state index contributed by atoms with van der Waals surface area (Å²) in [7, 11) is 0. The number of rotatable bonds is 16. The number of nitrogens with zero attached hydrogens (tertiary/aromatic N) is 1. The van der Waals surface area contributed by atoms with Gasteiger partial charge in [-0.2, -0.15) is 0 Å². The topological polar surface area (TPSA) is 80.4 Å². The zero-order valence-corrected chi connectivity index (χ0v) is 14.1. The Bertz CT molecular complexity index is 294. The van der Waals surface area contributed by atoms with Crippen molar-refractivity contribution < 1.29 is 14.8 Å². The normalized spacial score (nSPS) is 12.3. The van der Waals surface area contributed by atoms with Crippen LogP contribution in [0.15, 0.2) is 0 Å². The van der Waals surface area contributed by atoms with E-state index >= 15 is 0 Å². The van der Waals surface area contributed by atoms with Crippen LogP contribution in [0.2, 0.25) is 0 Å². The van der Waals surface area contributed by atoms with Crippen LogP contribution in [-0.2, 0) is 4.79 Å². The molecule has 0 aliphatic heterocycles. The highest BCUT2D eigenvalue weighted by molar-refractivity contribution is 5.78. The van der Waals surface area contributed by atoms with E-state index in [1.54, 1.807) is 0 Å². The van der Waals surface area contributed by atoms with Gasteiger partial charge in [0, 0.05) is 24.4 Å². The number of Topliss-reactive ketones (excluding diaryl/α,β-unsaturated/α-hetero) is 1. The van der Waals surface area contributed by atoms with Gasteiger partial charge in [0.2, 0.25) is 6.04 Å². The molecule has 0 fully saturated rings. The van der Waals surface area contributed by atoms with Crippen molar-refractivity contribution in [2.45, 2.75) is 96.4 Å². The number of aliphatic hydroxyl groups is 1. The molecule has 1 unspecified atom stereocenters. The Labute approximate surface area is 134 Å². The van der Waals surface area contributed by atoms with Crippen LogP contribution in [0.5, 0.6) is 0 Å². The SMILES string of the molecule is CCCCCCCC(CC(=O)CCCCCCCO)[N+](=O)[O-]. The third kappa shape index (κ3) is 12.7. The van der Waals surface area contributed by atoms with Crippen molar-refractivity contribution in [3.63, 3.8) is 0 Å². The fourth-order valence-corrected chi connectivity index (χ4v) is 2.59. The number of hydrogen-bond donors (Lipinski definition) is 1. The van der Waals surface area contributed by atoms with Crippen LogP contribution in [0.1, 0.15) is 90.4 Å². The van der Waals surface area contributed by atoms with Crippen LogP contribution in [0, 0.1) is 10.1 Å². The second kappa shape index (κ2) is 14.9. The number of hydrogen-bond acceptors (Lipinski definition) is 4. The van der Waals surface area contributed by atoms with Gasteiger partial charge in [-0.05, 0) is 19.3 Å². The van der Waals surface area contributed by atoms with Crippen LogP contribution >= 0.6 is 0 Å². The van der Waals surface area contributed by atoms with E-state index in [0.29, 0.717) is 12.8 Å². The summed E-state index contributed by atoms with van der Waals surface area (Å²) in [6.45, 7) is 2.37. The van der Waals surface area contributed by atoms with E-state index in [4.69, 9.17) is 5.11 Å². The number of unbranched alkanes of at least 4 members (excludes halogenated alkanes) is 8. The Kier molecular flexibility index (Phi) is 14.3. The summed E-state index contributed by atoms with van der Waals surface area (Å²) in [6.07, 6.45) is 11.0. The van der Waals surface area contributed by atoms with E-state index in [9.17, 15) is 14.9 Å². The maximum atomic E-state index is 11.8. The molecular weight excluding hydrogens is 282 g/mol. The Morgan fingerprint density at radius 1 is 1.00 bits per heavy atom. The van der Waals surface area contributed by atoms with Gasteiger partial charge in [0.1, 0.15) is 5.78 Å². The van der Waals surface area contributed by atoms with E-state index in [-0.39, 0.29) is 23.7 Å². The predicted molar refractivity (Wildman–Crippen MR) is 88.6 cm³/mol. The molecular formula is C17H33NO4. The summed E-state index contributed by atoms with van der Waals surface area (Å²) in [5.74, 6) is 0.0254. The molecule has 1 N–H and O–H groups in total. The van der Waals surface area contributed by atoms with Crippen molar-refractivity contribution in [3.8, 4) is 0 Å². The molecule has 0 radical (unpaired) electrons. The first-order chi connectivity index (χ1) is 10.6. The minimum atomic E-state index is -0.691. The molecule has 0 rings (SSSR count). The highest BCUT2D eigenvalue weighted by atomic mass is 16.6. The van der Waals surface area contributed by atoms with Crippen LogP contribution in [0.25, 0.3) is 0 Å². The van der Waals surface area contributed by atoms with E-state index in [0.717, 1.165) is 57.8 Å². The summed E-state index contributed by atoms with van der Waals surface area (Å²) in [5, 5.41) is 19.7. The van der Waals surface area contributed by atoms with Crippen LogP contribution in [0.3, 0.4) is 0 Å². The van der Waals surface area contributed by atoms with Crippen molar-refractivity contribution in [2.75, 3.05) is 6.61 Å². The lowest BCUT2D eigenvalue weighted by atomic mass is 10.00. The predicted octanol–water partition coefficient (Wildman–Crippen LogP) is 4.28. The van der Waals surface area contributed by atoms with Crippen molar-refractivity contribution >= 4 is 5.78 Å². The molecule has 0 aliphatic carbocycles. The fraction of sp³-hybridized carbons (Fsp3) is 0.941. The lowest BCUT2D eigenvalue weighted by Crippen LogP contribution is -2.23. The summed E-state index contributed by atoms with van der Waals surface area (Å²) in [4.78, 5) is 22.6. The average molecular weight is 315 g/mol. The Morgan fingerprint density at radius 3 is 2.23 bits per heavy atom. The molecule has 0 aromatic heterocycles. The van der Waals surface area contributed by atoms with E-state index in [2.05, 4.69) is 6.92 Å². The Balaban J connectivity index is 3.77. The van der Waals surface area contributed by atoms with Crippen LogP contribution in [0.4, 0.5) is 0 Å². The smallest absolute Gasteiger partial charge is 0.220 e. The quantitative estimate of drug-likeness (QED) is 0.262. The molecule has 5 heteroatoms. The molecule has 0 aromatic rings. The molecule has 0 spiro atoms. The first kappa shape index (κ1) is 21.0. The molecule has 130 valence electrons. The molecule has 0 aliphatic rings. The molecule has 0 saturated heterocycles. The number of carbonyl (C=O) groups excluding carboxylic acids is 1. The van der Waals surface area contributed by atoms with Gasteiger partial charge in [-0.25, -0.2) is 0 Å². The molecule has 0 amide bonds. The van der Waals surface area contributed by atoms with E-state index < -0.39 is 6.04 Å². The first-order valence-corrected chi connectivity index (χ1v) is 8.87. The largest absolute Gasteiger partial charge is 0.396 e. The monoisotopic (exact) mass is 315 g/mol. The molecule has 22 heavy (non-hydrogen) atoms. The van der Waals surface area contributed by atoms with Crippen molar-refractivity contribution in [1.82, 2.24) is 0 Å². The van der Waals surface area contributed by atoms with E-state index in [1.807, 2.05) is 0 Å². The zero-order chi connectivity index (χ0) is 16.6. The lowest BCUT2D eigenvalue weighted by molar-refractivity contribution is -0.522. The van der Waals surface area contributed by atoms with Crippen LogP contribution < -0.4 is 0 Å². The molecule has 0 saturated carbocycles. The second-order valence-electron chi connectivity index (χ2n) is 6.13. The molecule has 5 nitrogen and oxygen atoms in total. The minimum absolute atomic E-state index is 0.0254. The molecule has 1 atom stereocenters. The number of aliphatic hydroxyl groups excluding tert-OH is 1. The van der Waals surface area contributed by atoms with Gasteiger partial charge in [-0.1, -0.05) is 51.9 Å². The standard InChI is InChI=1S/C17H33NO4/c1-2-3-4-6-9-12-16(18(21)22)15-17(20)13-10-7-5-8-11-14-19/h16,19H,2-15H2,1H3. The fourth-order valence-electron chi connectivity index (χ4n) is 2.59. The highest BCUT2D eigenvalue weighted by Crippen LogP contribution is 2.14. The van der Waals surface area contributed by atoms with Gasteiger partial charge < -0.3 is 5.11 Å². The van der Waals surface area contributed by atoms with Gasteiger partial charge in [0.25, 0.3) is 0 Å². The van der Waals surface area contributed by atoms with Crippen molar-refractivity contribution in [3.05, 3.63) is 10.1 Å². The number of carbonyl (C=O) groups is 1. The van der Waals surface area contributed by atoms with Crippen LogP contribution in [-0.4, -0.2) is 28.5 Å². The lowest BCUT2D eigenvalue weighted by Gasteiger charge is -2.09. The highest BCUT2D eigenvalue weighted by Gasteiger charge is 2.22. The first-order valence-electron chi connectivity index (χ1n) is 8.87. The second-order valence-corrected chi connectivity index (χ2v) is 6.13. The third-order valence-electron chi connectivity index (χ3n) is 4.02. The molecule has 0 bridgehead atoms. The van der Waals surface area contributed by atoms with Gasteiger partial charge in [-0.15, -0.1) is 0 Å². The van der Waals surface area contributed by atoms with Gasteiger partial charge in [0.05, 0.1) is 6.42 Å². The number of nitro groups is 1. The summed E-state index contributed by atoms with van der Waals surface area (Å²) < 4.78 is 0. The molecule has 0 aromatic carbocycles. The summed E-state index contributed by atoms with van der Waals surface area (Å²) in [6, 6.07) is -0.691. The van der Waals surface area contributed by atoms with Gasteiger partial charge in [0.15, 0.2) is 0 Å². The van der Waals surface area contributed by atoms with Gasteiger partial charge >= 0.3 is 0 Å². The zero-order valence-electron chi connectivity index (χ0n) is 14.1. The van der Waals surface area contributed by atoms with E-state index in [1.165, 1.54) is 6.42 Å².